The Kier molecular flexibility index (Phi) is 7.44. The van der Waals surface area contributed by atoms with Crippen LogP contribution in [0.15, 0.2) is 102 Å². The van der Waals surface area contributed by atoms with Gasteiger partial charge in [-0.15, -0.1) is 0 Å². The van der Waals surface area contributed by atoms with Crippen LogP contribution in [0, 0.1) is 16.0 Å². The first-order chi connectivity index (χ1) is 20.0. The highest BCUT2D eigenvalue weighted by Crippen LogP contribution is 2.49. The zero-order valence-corrected chi connectivity index (χ0v) is 23.1. The first-order valence-corrected chi connectivity index (χ1v) is 13.8. The van der Waals surface area contributed by atoms with E-state index in [-0.39, 0.29) is 18.3 Å². The van der Waals surface area contributed by atoms with Crippen LogP contribution in [-0.2, 0) is 6.61 Å². The van der Waals surface area contributed by atoms with Crippen LogP contribution in [0.2, 0.25) is 5.02 Å². The molecule has 2 aliphatic rings. The van der Waals surface area contributed by atoms with Crippen molar-refractivity contribution in [1.29, 1.82) is 0 Å². The molecule has 6 rings (SSSR count). The quantitative estimate of drug-likeness (QED) is 0.100. The topological polar surface area (TPSA) is 86.0 Å². The van der Waals surface area contributed by atoms with Crippen LogP contribution in [-0.4, -0.2) is 18.2 Å². The van der Waals surface area contributed by atoms with Gasteiger partial charge in [-0.1, -0.05) is 54.1 Å². The van der Waals surface area contributed by atoms with Gasteiger partial charge < -0.3 is 14.8 Å². The summed E-state index contributed by atoms with van der Waals surface area (Å²) in [5, 5.41) is 15.0. The lowest BCUT2D eigenvalue weighted by atomic mass is 9.77. The third-order valence-corrected chi connectivity index (χ3v) is 7.95. The van der Waals surface area contributed by atoms with Crippen LogP contribution in [0.3, 0.4) is 0 Å². The van der Waals surface area contributed by atoms with E-state index in [1.165, 1.54) is 28.9 Å². The largest absolute Gasteiger partial charge is 0.493 e. The average Bonchev–Trinajstić information content (AvgIpc) is 3.50. The highest BCUT2D eigenvalue weighted by atomic mass is 35.5. The van der Waals surface area contributed by atoms with E-state index in [4.69, 9.17) is 21.1 Å². The van der Waals surface area contributed by atoms with Crippen molar-refractivity contribution in [2.75, 3.05) is 12.4 Å². The molecule has 0 bridgehead atoms. The third-order valence-electron chi connectivity index (χ3n) is 7.67. The van der Waals surface area contributed by atoms with E-state index in [1.807, 2.05) is 18.2 Å². The van der Waals surface area contributed by atoms with E-state index in [0.29, 0.717) is 28.4 Å². The lowest BCUT2D eigenvalue weighted by Crippen LogP contribution is -2.28. The highest BCUT2D eigenvalue weighted by Gasteiger charge is 2.37. The Morgan fingerprint density at radius 3 is 2.61 bits per heavy atom. The SMILES string of the molecule is COc1cc(C=Nc2ccc([C@@H]3Nc4ccccc4[C@@H]4C=CC[C@@H]43)cc2)cc(Cl)c1OCc1ccc([N+](=O)[O-])cc1. The van der Waals surface area contributed by atoms with Crippen molar-refractivity contribution in [3.63, 3.8) is 0 Å². The normalized spacial score (nSPS) is 18.9. The Hall–Kier alpha value is -4.62. The van der Waals surface area contributed by atoms with Crippen LogP contribution >= 0.6 is 11.6 Å². The molecule has 0 unspecified atom stereocenters. The number of nitrogens with zero attached hydrogens (tertiary/aromatic N) is 2. The summed E-state index contributed by atoms with van der Waals surface area (Å²) in [5.74, 6) is 1.81. The van der Waals surface area contributed by atoms with Gasteiger partial charge in [-0.3, -0.25) is 15.1 Å². The van der Waals surface area contributed by atoms with E-state index in [9.17, 15) is 10.1 Å². The number of nitro groups is 1. The van der Waals surface area contributed by atoms with Gasteiger partial charge in [0.05, 0.1) is 28.8 Å². The van der Waals surface area contributed by atoms with E-state index in [0.717, 1.165) is 23.2 Å². The molecule has 7 nitrogen and oxygen atoms in total. The molecule has 0 fully saturated rings. The molecule has 8 heteroatoms. The molecule has 3 atom stereocenters. The van der Waals surface area contributed by atoms with Gasteiger partial charge in [0.25, 0.3) is 5.69 Å². The van der Waals surface area contributed by atoms with E-state index >= 15 is 0 Å². The number of aliphatic imine (C=N–C) groups is 1. The monoisotopic (exact) mass is 565 g/mol. The van der Waals surface area contributed by atoms with E-state index in [1.54, 1.807) is 31.5 Å². The maximum absolute atomic E-state index is 10.9. The third kappa shape index (κ3) is 5.54. The molecule has 0 radical (unpaired) electrons. The molecule has 0 amide bonds. The molecule has 0 spiro atoms. The second-order valence-electron chi connectivity index (χ2n) is 10.2. The number of benzene rings is 4. The Morgan fingerprint density at radius 1 is 1.07 bits per heavy atom. The molecular weight excluding hydrogens is 538 g/mol. The lowest BCUT2D eigenvalue weighted by Gasteiger charge is -2.37. The molecule has 0 saturated heterocycles. The van der Waals surface area contributed by atoms with Crippen molar-refractivity contribution in [2.24, 2.45) is 10.9 Å². The zero-order chi connectivity index (χ0) is 28.3. The molecule has 0 saturated carbocycles. The minimum Gasteiger partial charge on any atom is -0.493 e. The van der Waals surface area contributed by atoms with Crippen LogP contribution in [0.4, 0.5) is 17.1 Å². The van der Waals surface area contributed by atoms with Gasteiger partial charge in [-0.2, -0.15) is 0 Å². The van der Waals surface area contributed by atoms with Crippen molar-refractivity contribution in [2.45, 2.75) is 25.0 Å². The van der Waals surface area contributed by atoms with Gasteiger partial charge >= 0.3 is 0 Å². The molecule has 0 aromatic heterocycles. The highest BCUT2D eigenvalue weighted by molar-refractivity contribution is 6.32. The number of halogens is 1. The molecule has 206 valence electrons. The summed E-state index contributed by atoms with van der Waals surface area (Å²) in [6.07, 6.45) is 7.46. The molecule has 4 aromatic rings. The summed E-state index contributed by atoms with van der Waals surface area (Å²) in [4.78, 5) is 15.1. The molecule has 1 aliphatic heterocycles. The predicted octanol–water partition coefficient (Wildman–Crippen LogP) is 8.41. The Morgan fingerprint density at radius 2 is 1.85 bits per heavy atom. The molecule has 41 heavy (non-hydrogen) atoms. The number of non-ortho nitro benzene ring substituents is 1. The number of fused-ring (bicyclic) bond motifs is 3. The van der Waals surface area contributed by atoms with Gasteiger partial charge in [0.1, 0.15) is 6.61 Å². The predicted molar refractivity (Wildman–Crippen MR) is 162 cm³/mol. The molecular formula is C33H28ClN3O4. The molecule has 4 aromatic carbocycles. The molecule has 1 aliphatic carbocycles. The van der Waals surface area contributed by atoms with Crippen LogP contribution in [0.5, 0.6) is 11.5 Å². The standard InChI is InChI=1S/C33H28ClN3O4/c1-40-31-18-22(17-29(34)33(31)41-20-21-9-15-25(16-10-21)37(38)39)19-35-24-13-11-23(12-14-24)32-28-7-4-6-26(28)27-5-2-3-8-30(27)36-32/h2-6,8-19,26,28,32,36H,7,20H2,1H3/t26-,28-,32-/m0/s1. The average molecular weight is 566 g/mol. The smallest absolute Gasteiger partial charge is 0.269 e. The number of hydrogen-bond donors (Lipinski definition) is 1. The Bertz CT molecular complexity index is 1630. The zero-order valence-electron chi connectivity index (χ0n) is 22.4. The van der Waals surface area contributed by atoms with Crippen LogP contribution in [0.1, 0.15) is 40.6 Å². The second-order valence-corrected chi connectivity index (χ2v) is 10.6. The van der Waals surface area contributed by atoms with Gasteiger partial charge in [0.2, 0.25) is 0 Å². The number of nitrogens with one attached hydrogen (secondary N) is 1. The van der Waals surface area contributed by atoms with Crippen molar-refractivity contribution in [3.8, 4) is 11.5 Å². The number of nitro benzene ring substituents is 1. The fourth-order valence-corrected chi connectivity index (χ4v) is 5.89. The van der Waals surface area contributed by atoms with Gasteiger partial charge in [0.15, 0.2) is 11.5 Å². The summed E-state index contributed by atoms with van der Waals surface area (Å²) in [6.45, 7) is 0.187. The van der Waals surface area contributed by atoms with Gasteiger partial charge in [-0.25, -0.2) is 0 Å². The van der Waals surface area contributed by atoms with Crippen molar-refractivity contribution >= 4 is 34.9 Å². The van der Waals surface area contributed by atoms with Gasteiger partial charge in [-0.05, 0) is 77.1 Å². The number of ether oxygens (including phenoxy) is 2. The summed E-state index contributed by atoms with van der Waals surface area (Å²) < 4.78 is 11.4. The van der Waals surface area contributed by atoms with Crippen LogP contribution in [0.25, 0.3) is 0 Å². The lowest BCUT2D eigenvalue weighted by molar-refractivity contribution is -0.384. The summed E-state index contributed by atoms with van der Waals surface area (Å²) in [6, 6.07) is 26.9. The first kappa shape index (κ1) is 26.6. The maximum atomic E-state index is 10.9. The van der Waals surface area contributed by atoms with E-state index < -0.39 is 4.92 Å². The fraction of sp³-hybridized carbons (Fsp3) is 0.182. The minimum atomic E-state index is -0.436. The van der Waals surface area contributed by atoms with Crippen molar-refractivity contribution in [3.05, 3.63) is 134 Å². The summed E-state index contributed by atoms with van der Waals surface area (Å²) >= 11 is 6.55. The number of para-hydroxylation sites is 1. The first-order valence-electron chi connectivity index (χ1n) is 13.4. The van der Waals surface area contributed by atoms with E-state index in [2.05, 4.69) is 58.9 Å². The van der Waals surface area contributed by atoms with Crippen LogP contribution < -0.4 is 14.8 Å². The Labute approximate surface area is 243 Å². The number of methoxy groups -OCH3 is 1. The number of anilines is 1. The molecule has 1 heterocycles. The maximum Gasteiger partial charge on any atom is 0.269 e. The molecule has 1 N–H and O–H groups in total. The van der Waals surface area contributed by atoms with Gasteiger partial charge in [0, 0.05) is 30.0 Å². The summed E-state index contributed by atoms with van der Waals surface area (Å²) in [7, 11) is 1.55. The van der Waals surface area contributed by atoms with Crippen molar-refractivity contribution in [1.82, 2.24) is 0 Å². The number of rotatable bonds is 8. The minimum absolute atomic E-state index is 0.0267. The fourth-order valence-electron chi connectivity index (χ4n) is 5.61. The van der Waals surface area contributed by atoms with Crippen molar-refractivity contribution < 1.29 is 14.4 Å². The number of allylic oxidation sites excluding steroid dienone is 2. The second kappa shape index (κ2) is 11.5. The summed E-state index contributed by atoms with van der Waals surface area (Å²) in [5.41, 5.74) is 6.23. The Balaban J connectivity index is 1.15. The number of hydrogen-bond acceptors (Lipinski definition) is 6.